The summed E-state index contributed by atoms with van der Waals surface area (Å²) >= 11 is 5.84. The first-order valence-corrected chi connectivity index (χ1v) is 7.17. The zero-order chi connectivity index (χ0) is 15.0. The Kier molecular flexibility index (Phi) is 3.51. The number of nitro benzene ring substituents is 1. The molecule has 0 bridgehead atoms. The van der Waals surface area contributed by atoms with Crippen molar-refractivity contribution in [3.8, 4) is 0 Å². The summed E-state index contributed by atoms with van der Waals surface area (Å²) in [6.45, 7) is 0.560. The van der Waals surface area contributed by atoms with Gasteiger partial charge >= 0.3 is 0 Å². The van der Waals surface area contributed by atoms with Crippen molar-refractivity contribution in [3.63, 3.8) is 0 Å². The molecule has 2 aromatic rings. The first kappa shape index (κ1) is 13.8. The second-order valence-electron chi connectivity index (χ2n) is 5.14. The van der Waals surface area contributed by atoms with Gasteiger partial charge in [-0.1, -0.05) is 18.2 Å². The molecular weight excluding hydrogens is 292 g/mol. The minimum atomic E-state index is -0.403. The van der Waals surface area contributed by atoms with E-state index in [1.54, 1.807) is 29.2 Å². The van der Waals surface area contributed by atoms with Crippen LogP contribution in [-0.2, 0) is 4.79 Å². The van der Waals surface area contributed by atoms with Crippen molar-refractivity contribution in [2.24, 2.45) is 5.92 Å². The van der Waals surface area contributed by atoms with E-state index >= 15 is 0 Å². The fourth-order valence-electron chi connectivity index (χ4n) is 2.78. The molecule has 1 saturated heterocycles. The number of nitro groups is 1. The highest BCUT2D eigenvalue weighted by molar-refractivity contribution is 6.18. The summed E-state index contributed by atoms with van der Waals surface area (Å²) in [5, 5.41) is 12.4. The van der Waals surface area contributed by atoms with Gasteiger partial charge in [0.15, 0.2) is 0 Å². The Morgan fingerprint density at radius 2 is 1.95 bits per heavy atom. The number of halogens is 1. The Hall–Kier alpha value is -2.14. The summed E-state index contributed by atoms with van der Waals surface area (Å²) in [7, 11) is 0. The minimum Gasteiger partial charge on any atom is -0.311 e. The fraction of sp³-hybridized carbons (Fsp3) is 0.267. The van der Waals surface area contributed by atoms with E-state index in [-0.39, 0.29) is 17.5 Å². The number of hydrogen-bond donors (Lipinski definition) is 0. The van der Waals surface area contributed by atoms with Crippen molar-refractivity contribution in [3.05, 3.63) is 46.5 Å². The number of anilines is 1. The summed E-state index contributed by atoms with van der Waals surface area (Å²) in [6.07, 6.45) is 0.425. The topological polar surface area (TPSA) is 63.5 Å². The van der Waals surface area contributed by atoms with E-state index in [1.807, 2.05) is 6.07 Å². The molecular formula is C15H13ClN2O3. The molecule has 1 aliphatic rings. The normalized spacial score (nSPS) is 18.4. The van der Waals surface area contributed by atoms with Crippen LogP contribution in [0.1, 0.15) is 6.42 Å². The molecule has 5 nitrogen and oxygen atoms in total. The number of rotatable bonds is 3. The fourth-order valence-corrected chi connectivity index (χ4v) is 2.99. The van der Waals surface area contributed by atoms with Gasteiger partial charge in [-0.2, -0.15) is 0 Å². The van der Waals surface area contributed by atoms with Gasteiger partial charge in [-0.25, -0.2) is 0 Å². The number of nitrogens with zero attached hydrogens (tertiary/aromatic N) is 2. The molecule has 2 aromatic carbocycles. The van der Waals surface area contributed by atoms with Gasteiger partial charge in [-0.3, -0.25) is 14.9 Å². The van der Waals surface area contributed by atoms with E-state index in [9.17, 15) is 14.9 Å². The molecule has 3 rings (SSSR count). The molecule has 1 heterocycles. The lowest BCUT2D eigenvalue weighted by Gasteiger charge is -2.18. The number of fused-ring (bicyclic) bond motifs is 1. The molecule has 1 unspecified atom stereocenters. The molecule has 1 aliphatic heterocycles. The molecule has 0 saturated carbocycles. The lowest BCUT2D eigenvalue weighted by atomic mass is 10.1. The number of alkyl halides is 1. The average molecular weight is 305 g/mol. The van der Waals surface area contributed by atoms with E-state index in [0.29, 0.717) is 29.9 Å². The molecule has 0 aliphatic carbocycles. The van der Waals surface area contributed by atoms with Gasteiger partial charge in [-0.15, -0.1) is 11.6 Å². The smallest absolute Gasteiger partial charge is 0.277 e. The minimum absolute atomic E-state index is 0.0136. The monoisotopic (exact) mass is 304 g/mol. The van der Waals surface area contributed by atoms with E-state index in [2.05, 4.69) is 0 Å². The molecule has 6 heteroatoms. The number of benzene rings is 2. The molecule has 1 amide bonds. The SMILES string of the molecule is O=C1CC(CCl)CN1c1ccc([N+](=O)[O-])c2ccccc12. The van der Waals surface area contributed by atoms with Gasteiger partial charge < -0.3 is 4.90 Å². The van der Waals surface area contributed by atoms with Gasteiger partial charge in [0, 0.05) is 30.3 Å². The third kappa shape index (κ3) is 2.34. The van der Waals surface area contributed by atoms with Gasteiger partial charge in [0.25, 0.3) is 5.69 Å². The molecule has 21 heavy (non-hydrogen) atoms. The number of carbonyl (C=O) groups is 1. The number of hydrogen-bond acceptors (Lipinski definition) is 3. The Balaban J connectivity index is 2.14. The van der Waals surface area contributed by atoms with Gasteiger partial charge in [0.05, 0.1) is 16.0 Å². The summed E-state index contributed by atoms with van der Waals surface area (Å²) in [5.41, 5.74) is 0.767. The highest BCUT2D eigenvalue weighted by Crippen LogP contribution is 2.36. The van der Waals surface area contributed by atoms with Crippen LogP contribution in [0.5, 0.6) is 0 Å². The van der Waals surface area contributed by atoms with Crippen LogP contribution >= 0.6 is 11.6 Å². The van der Waals surface area contributed by atoms with Crippen LogP contribution in [0.25, 0.3) is 10.8 Å². The second-order valence-corrected chi connectivity index (χ2v) is 5.44. The average Bonchev–Trinajstić information content (AvgIpc) is 2.87. The van der Waals surface area contributed by atoms with E-state index < -0.39 is 4.92 Å². The molecule has 1 fully saturated rings. The maximum Gasteiger partial charge on any atom is 0.277 e. The van der Waals surface area contributed by atoms with Gasteiger partial charge in [-0.05, 0) is 18.1 Å². The van der Waals surface area contributed by atoms with Crippen LogP contribution in [0, 0.1) is 16.0 Å². The third-order valence-corrected chi connectivity index (χ3v) is 4.23. The molecule has 108 valence electrons. The Labute approximate surface area is 126 Å². The lowest BCUT2D eigenvalue weighted by molar-refractivity contribution is -0.383. The predicted molar refractivity (Wildman–Crippen MR) is 81.8 cm³/mol. The van der Waals surface area contributed by atoms with Crippen LogP contribution in [0.4, 0.5) is 11.4 Å². The van der Waals surface area contributed by atoms with E-state index in [1.165, 1.54) is 6.07 Å². The van der Waals surface area contributed by atoms with Crippen LogP contribution in [0.3, 0.4) is 0 Å². The summed E-state index contributed by atoms with van der Waals surface area (Å²) in [5.74, 6) is 0.584. The highest BCUT2D eigenvalue weighted by Gasteiger charge is 2.31. The third-order valence-electron chi connectivity index (χ3n) is 3.79. The van der Waals surface area contributed by atoms with Crippen molar-refractivity contribution in [2.75, 3.05) is 17.3 Å². The van der Waals surface area contributed by atoms with Crippen molar-refractivity contribution in [1.29, 1.82) is 0 Å². The molecule has 0 N–H and O–H groups in total. The number of carbonyl (C=O) groups excluding carboxylic acids is 1. The van der Waals surface area contributed by atoms with Crippen molar-refractivity contribution in [1.82, 2.24) is 0 Å². The van der Waals surface area contributed by atoms with E-state index in [4.69, 9.17) is 11.6 Å². The number of amides is 1. The Morgan fingerprint density at radius 3 is 2.57 bits per heavy atom. The quantitative estimate of drug-likeness (QED) is 0.496. The lowest BCUT2D eigenvalue weighted by Crippen LogP contribution is -2.24. The van der Waals surface area contributed by atoms with Gasteiger partial charge in [0.2, 0.25) is 5.91 Å². The molecule has 0 spiro atoms. The summed E-state index contributed by atoms with van der Waals surface area (Å²) in [6, 6.07) is 10.2. The molecule has 0 radical (unpaired) electrons. The predicted octanol–water partition coefficient (Wildman–Crippen LogP) is 3.34. The van der Waals surface area contributed by atoms with E-state index in [0.717, 1.165) is 5.39 Å². The standard InChI is InChI=1S/C15H13ClN2O3/c16-8-10-7-15(19)17(9-10)13-5-6-14(18(20)21)12-4-2-1-3-11(12)13/h1-6,10H,7-9H2. The Morgan fingerprint density at radius 1 is 1.24 bits per heavy atom. The van der Waals surface area contributed by atoms with Crippen molar-refractivity contribution < 1.29 is 9.72 Å². The zero-order valence-electron chi connectivity index (χ0n) is 11.2. The molecule has 0 aromatic heterocycles. The highest BCUT2D eigenvalue weighted by atomic mass is 35.5. The first-order valence-electron chi connectivity index (χ1n) is 6.64. The van der Waals surface area contributed by atoms with Crippen molar-refractivity contribution >= 4 is 39.7 Å². The largest absolute Gasteiger partial charge is 0.311 e. The summed E-state index contributed by atoms with van der Waals surface area (Å²) < 4.78 is 0. The van der Waals surface area contributed by atoms with Gasteiger partial charge in [0.1, 0.15) is 0 Å². The van der Waals surface area contributed by atoms with Crippen LogP contribution in [-0.4, -0.2) is 23.3 Å². The van der Waals surface area contributed by atoms with Crippen LogP contribution < -0.4 is 4.90 Å². The van der Waals surface area contributed by atoms with Crippen LogP contribution in [0.2, 0.25) is 0 Å². The maximum absolute atomic E-state index is 12.1. The second kappa shape index (κ2) is 5.33. The maximum atomic E-state index is 12.1. The Bertz CT molecular complexity index is 732. The van der Waals surface area contributed by atoms with Crippen molar-refractivity contribution in [2.45, 2.75) is 6.42 Å². The summed E-state index contributed by atoms with van der Waals surface area (Å²) in [4.78, 5) is 24.5. The van der Waals surface area contributed by atoms with Crippen LogP contribution in [0.15, 0.2) is 36.4 Å². The first-order chi connectivity index (χ1) is 10.1. The number of non-ortho nitro benzene ring substituents is 1. The molecule has 1 atom stereocenters. The zero-order valence-corrected chi connectivity index (χ0v) is 11.9.